The predicted octanol–water partition coefficient (Wildman–Crippen LogP) is 6.32. The van der Waals surface area contributed by atoms with Crippen molar-refractivity contribution in [3.8, 4) is 5.75 Å². The number of alkyl halides is 3. The number of rotatable bonds is 6. The van der Waals surface area contributed by atoms with Crippen molar-refractivity contribution in [3.63, 3.8) is 0 Å². The lowest BCUT2D eigenvalue weighted by atomic mass is 10.1. The maximum absolute atomic E-state index is 13.3. The molecule has 0 unspecified atom stereocenters. The molecular weight excluding hydrogens is 483 g/mol. The third kappa shape index (κ3) is 6.05. The second kappa shape index (κ2) is 10.3. The summed E-state index contributed by atoms with van der Waals surface area (Å²) in [6, 6.07) is 18.8. The summed E-state index contributed by atoms with van der Waals surface area (Å²) in [6.07, 6.45) is -4.09. The average Bonchev–Trinajstić information content (AvgIpc) is 2.81. The van der Waals surface area contributed by atoms with Crippen molar-refractivity contribution in [1.82, 2.24) is 4.90 Å². The van der Waals surface area contributed by atoms with E-state index in [1.165, 1.54) is 24.3 Å². The first-order valence-electron chi connectivity index (χ1n) is 10.8. The van der Waals surface area contributed by atoms with Crippen LogP contribution in [-0.2, 0) is 6.54 Å². The molecule has 6 nitrogen and oxygen atoms in total. The summed E-state index contributed by atoms with van der Waals surface area (Å²) in [5, 5.41) is 3.15. The van der Waals surface area contributed by atoms with Crippen molar-refractivity contribution in [1.29, 1.82) is 0 Å². The van der Waals surface area contributed by atoms with Crippen LogP contribution in [0.5, 0.6) is 5.75 Å². The van der Waals surface area contributed by atoms with E-state index < -0.39 is 12.3 Å². The Labute approximate surface area is 204 Å². The second-order valence-electron chi connectivity index (χ2n) is 7.85. The minimum Gasteiger partial charge on any atom is -0.406 e. The van der Waals surface area contributed by atoms with E-state index in [1.807, 2.05) is 0 Å². The number of amides is 3. The molecule has 182 valence electrons. The molecule has 0 saturated carbocycles. The van der Waals surface area contributed by atoms with E-state index in [2.05, 4.69) is 10.1 Å². The summed E-state index contributed by atoms with van der Waals surface area (Å²) in [5.74, 6) is -0.721. The van der Waals surface area contributed by atoms with E-state index in [-0.39, 0.29) is 18.3 Å². The largest absolute Gasteiger partial charge is 0.573 e. The number of anilines is 2. The maximum Gasteiger partial charge on any atom is 0.573 e. The van der Waals surface area contributed by atoms with Crippen LogP contribution >= 0.6 is 11.6 Å². The molecular formula is C25H21ClF3N3O3. The van der Waals surface area contributed by atoms with E-state index in [4.69, 9.17) is 11.6 Å². The van der Waals surface area contributed by atoms with Gasteiger partial charge in [0.1, 0.15) is 5.75 Å². The van der Waals surface area contributed by atoms with E-state index in [0.717, 1.165) is 0 Å². The van der Waals surface area contributed by atoms with Gasteiger partial charge in [0.05, 0.1) is 22.0 Å². The quantitative estimate of drug-likeness (QED) is 0.428. The molecule has 0 spiro atoms. The lowest BCUT2D eigenvalue weighted by Gasteiger charge is -2.36. The molecule has 1 aliphatic rings. The fraction of sp³-hybridized carbons (Fsp3) is 0.200. The second-order valence-corrected chi connectivity index (χ2v) is 8.26. The van der Waals surface area contributed by atoms with Gasteiger partial charge < -0.3 is 15.0 Å². The molecule has 1 saturated heterocycles. The van der Waals surface area contributed by atoms with Crippen LogP contribution in [0.2, 0.25) is 5.02 Å². The highest BCUT2D eigenvalue weighted by Crippen LogP contribution is 2.30. The van der Waals surface area contributed by atoms with E-state index >= 15 is 0 Å². The molecule has 0 bridgehead atoms. The summed E-state index contributed by atoms with van der Waals surface area (Å²) < 4.78 is 41.0. The van der Waals surface area contributed by atoms with Gasteiger partial charge in [-0.15, -0.1) is 13.2 Å². The molecule has 1 heterocycles. The van der Waals surface area contributed by atoms with Crippen molar-refractivity contribution in [2.24, 2.45) is 0 Å². The number of hydrogen-bond donors (Lipinski definition) is 1. The van der Waals surface area contributed by atoms with Crippen LogP contribution in [0.25, 0.3) is 0 Å². The molecule has 3 aromatic carbocycles. The van der Waals surface area contributed by atoms with Crippen LogP contribution in [0.1, 0.15) is 22.3 Å². The van der Waals surface area contributed by atoms with Crippen molar-refractivity contribution in [2.75, 3.05) is 23.3 Å². The van der Waals surface area contributed by atoms with Gasteiger partial charge >= 0.3 is 12.4 Å². The Hall–Kier alpha value is -3.72. The number of carbonyl (C=O) groups is 2. The Kier molecular flexibility index (Phi) is 7.16. The molecule has 35 heavy (non-hydrogen) atoms. The number of urea groups is 1. The first-order chi connectivity index (χ1) is 16.7. The lowest BCUT2D eigenvalue weighted by molar-refractivity contribution is -0.274. The molecule has 1 aliphatic heterocycles. The summed E-state index contributed by atoms with van der Waals surface area (Å²) in [5.41, 5.74) is 1.97. The zero-order valence-electron chi connectivity index (χ0n) is 18.4. The normalized spacial score (nSPS) is 14.1. The van der Waals surface area contributed by atoms with Gasteiger partial charge in [-0.2, -0.15) is 0 Å². The molecule has 0 atom stereocenters. The highest BCUT2D eigenvalue weighted by Gasteiger charge is 2.31. The zero-order chi connectivity index (χ0) is 25.0. The molecule has 4 rings (SSSR count). The van der Waals surface area contributed by atoms with Gasteiger partial charge in [-0.05, 0) is 48.4 Å². The fourth-order valence-corrected chi connectivity index (χ4v) is 4.04. The number of nitrogens with zero attached hydrogens (tertiary/aromatic N) is 2. The Morgan fingerprint density at radius 1 is 0.971 bits per heavy atom. The fourth-order valence-electron chi connectivity index (χ4n) is 3.82. The van der Waals surface area contributed by atoms with Crippen molar-refractivity contribution in [3.05, 3.63) is 88.9 Å². The van der Waals surface area contributed by atoms with Crippen LogP contribution < -0.4 is 15.0 Å². The van der Waals surface area contributed by atoms with E-state index in [1.54, 1.807) is 58.3 Å². The number of ether oxygens (including phenoxy) is 1. The van der Waals surface area contributed by atoms with E-state index in [9.17, 15) is 22.8 Å². The molecule has 1 N–H and O–H groups in total. The monoisotopic (exact) mass is 503 g/mol. The maximum atomic E-state index is 13.3. The standard InChI is InChI=1S/C25H21ClF3N3O3/c26-20-7-2-1-6-19(20)23(33)30-21-8-3-4-9-22(21)32-15-5-14-31(24(32)34)16-17-10-12-18(13-11-17)35-25(27,28)29/h1-4,6-13H,5,14-16H2,(H,30,33). The lowest BCUT2D eigenvalue weighted by Crippen LogP contribution is -2.49. The molecule has 1 fully saturated rings. The van der Waals surface area contributed by atoms with Gasteiger partial charge in [-0.25, -0.2) is 4.79 Å². The number of benzene rings is 3. The molecule has 10 heteroatoms. The van der Waals surface area contributed by atoms with Gasteiger partial charge in [0.25, 0.3) is 5.91 Å². The van der Waals surface area contributed by atoms with Gasteiger partial charge in [-0.3, -0.25) is 9.69 Å². The Morgan fingerprint density at radius 3 is 2.37 bits per heavy atom. The summed E-state index contributed by atoms with van der Waals surface area (Å²) in [7, 11) is 0. The summed E-state index contributed by atoms with van der Waals surface area (Å²) in [4.78, 5) is 29.3. The Balaban J connectivity index is 1.49. The van der Waals surface area contributed by atoms with Crippen molar-refractivity contribution >= 4 is 34.9 Å². The minimum atomic E-state index is -4.76. The van der Waals surface area contributed by atoms with Gasteiger partial charge in [0.15, 0.2) is 0 Å². The van der Waals surface area contributed by atoms with Crippen LogP contribution in [0.4, 0.5) is 29.3 Å². The predicted molar refractivity (Wildman–Crippen MR) is 127 cm³/mol. The highest BCUT2D eigenvalue weighted by molar-refractivity contribution is 6.34. The summed E-state index contributed by atoms with van der Waals surface area (Å²) >= 11 is 6.14. The van der Waals surface area contributed by atoms with E-state index in [0.29, 0.717) is 47.0 Å². The molecule has 3 aromatic rings. The smallest absolute Gasteiger partial charge is 0.406 e. The topological polar surface area (TPSA) is 61.9 Å². The number of nitrogens with one attached hydrogen (secondary N) is 1. The first-order valence-corrected chi connectivity index (χ1v) is 11.1. The number of para-hydroxylation sites is 2. The zero-order valence-corrected chi connectivity index (χ0v) is 19.1. The molecule has 0 aliphatic carbocycles. The number of hydrogen-bond acceptors (Lipinski definition) is 3. The average molecular weight is 504 g/mol. The SMILES string of the molecule is O=C(Nc1ccccc1N1CCCN(Cc2ccc(OC(F)(F)F)cc2)C1=O)c1ccccc1Cl. The van der Waals surface area contributed by atoms with Gasteiger partial charge in [0, 0.05) is 19.6 Å². The third-order valence-electron chi connectivity index (χ3n) is 5.40. The number of halogens is 4. The Morgan fingerprint density at radius 2 is 1.66 bits per heavy atom. The Bertz CT molecular complexity index is 1220. The molecule has 0 radical (unpaired) electrons. The molecule has 0 aromatic heterocycles. The molecule has 3 amide bonds. The van der Waals surface area contributed by atoms with Crippen LogP contribution in [0.3, 0.4) is 0 Å². The number of carbonyl (C=O) groups excluding carboxylic acids is 2. The third-order valence-corrected chi connectivity index (χ3v) is 5.73. The summed E-state index contributed by atoms with van der Waals surface area (Å²) in [6.45, 7) is 1.16. The van der Waals surface area contributed by atoms with Gasteiger partial charge in [0.2, 0.25) is 0 Å². The first kappa shape index (κ1) is 24.4. The van der Waals surface area contributed by atoms with Gasteiger partial charge in [-0.1, -0.05) is 48.0 Å². The van der Waals surface area contributed by atoms with Crippen LogP contribution in [-0.4, -0.2) is 36.3 Å². The van der Waals surface area contributed by atoms with Crippen molar-refractivity contribution in [2.45, 2.75) is 19.3 Å². The highest BCUT2D eigenvalue weighted by atomic mass is 35.5. The minimum absolute atomic E-state index is 0.218. The van der Waals surface area contributed by atoms with Crippen LogP contribution in [0, 0.1) is 0 Å². The van der Waals surface area contributed by atoms with Crippen LogP contribution in [0.15, 0.2) is 72.8 Å². The van der Waals surface area contributed by atoms with Crippen molar-refractivity contribution < 1.29 is 27.5 Å².